The first-order valence-electron chi connectivity index (χ1n) is 7.48. The Morgan fingerprint density at radius 3 is 2.41 bits per heavy atom. The molecule has 3 atom stereocenters. The van der Waals surface area contributed by atoms with E-state index < -0.39 is 0 Å². The van der Waals surface area contributed by atoms with Gasteiger partial charge in [-0.1, -0.05) is 0 Å². The number of ether oxygens (including phenoxy) is 2. The van der Waals surface area contributed by atoms with Gasteiger partial charge in [-0.25, -0.2) is 0 Å². The summed E-state index contributed by atoms with van der Waals surface area (Å²) in [6.45, 7) is 0.609. The summed E-state index contributed by atoms with van der Waals surface area (Å²) in [7, 11) is 0. The maximum atomic E-state index is 9.38. The van der Waals surface area contributed by atoms with Gasteiger partial charge < -0.3 is 0 Å². The Balaban J connectivity index is 1.62. The molecule has 1 aliphatic rings. The number of hydrogen-bond acceptors (Lipinski definition) is 3. The second-order valence-electron chi connectivity index (χ2n) is 5.31. The first-order valence-corrected chi connectivity index (χ1v) is 9.33. The Hall–Kier alpha value is -1.16. The second kappa shape index (κ2) is 7.91. The van der Waals surface area contributed by atoms with Gasteiger partial charge in [0.05, 0.1) is 0 Å². The third kappa shape index (κ3) is 4.19. The van der Waals surface area contributed by atoms with Crippen LogP contribution in [0.15, 0.2) is 60.7 Å². The number of rotatable bonds is 6. The van der Waals surface area contributed by atoms with Crippen LogP contribution in [-0.4, -0.2) is 39.1 Å². The van der Waals surface area contributed by atoms with Crippen molar-refractivity contribution in [1.82, 2.24) is 0 Å². The fourth-order valence-corrected chi connectivity index (χ4v) is 5.07. The van der Waals surface area contributed by atoms with Crippen LogP contribution in [0.3, 0.4) is 0 Å². The summed E-state index contributed by atoms with van der Waals surface area (Å²) >= 11 is 0.284. The SMILES string of the molecule is OC[C@H]1C[C@@H]([Se]c2ccccc2)[C@H](OCc2ccccc2)O1. The third-order valence-electron chi connectivity index (χ3n) is 3.62. The molecule has 22 heavy (non-hydrogen) atoms. The van der Waals surface area contributed by atoms with Crippen molar-refractivity contribution in [1.29, 1.82) is 0 Å². The van der Waals surface area contributed by atoms with Crippen molar-refractivity contribution in [3.8, 4) is 0 Å². The van der Waals surface area contributed by atoms with Gasteiger partial charge >= 0.3 is 137 Å². The molecular weight excluding hydrogens is 343 g/mol. The van der Waals surface area contributed by atoms with Crippen LogP contribution < -0.4 is 4.46 Å². The molecule has 3 nitrogen and oxygen atoms in total. The first kappa shape index (κ1) is 15.7. The van der Waals surface area contributed by atoms with Gasteiger partial charge in [-0.05, 0) is 0 Å². The summed E-state index contributed by atoms with van der Waals surface area (Å²) in [5.41, 5.74) is 1.14. The molecule has 1 saturated heterocycles. The summed E-state index contributed by atoms with van der Waals surface area (Å²) in [5.74, 6) is 0. The molecule has 0 spiro atoms. The topological polar surface area (TPSA) is 38.7 Å². The molecule has 0 aliphatic carbocycles. The molecule has 0 unspecified atom stereocenters. The Bertz CT molecular complexity index is 561. The van der Waals surface area contributed by atoms with E-state index in [1.807, 2.05) is 24.3 Å². The van der Waals surface area contributed by atoms with Gasteiger partial charge in [0.25, 0.3) is 0 Å². The summed E-state index contributed by atoms with van der Waals surface area (Å²) in [4.78, 5) is 0.343. The van der Waals surface area contributed by atoms with E-state index in [0.717, 1.165) is 12.0 Å². The van der Waals surface area contributed by atoms with Crippen LogP contribution in [0, 0.1) is 0 Å². The van der Waals surface area contributed by atoms with E-state index in [9.17, 15) is 5.11 Å². The van der Waals surface area contributed by atoms with E-state index in [1.54, 1.807) is 0 Å². The van der Waals surface area contributed by atoms with Crippen LogP contribution in [0.2, 0.25) is 4.82 Å². The molecule has 1 aliphatic heterocycles. The van der Waals surface area contributed by atoms with E-state index in [1.165, 1.54) is 4.46 Å². The minimum absolute atomic E-state index is 0.0621. The van der Waals surface area contributed by atoms with Crippen molar-refractivity contribution in [2.75, 3.05) is 6.61 Å². The molecule has 1 N–H and O–H groups in total. The van der Waals surface area contributed by atoms with Crippen molar-refractivity contribution < 1.29 is 14.6 Å². The van der Waals surface area contributed by atoms with Crippen LogP contribution in [-0.2, 0) is 16.1 Å². The molecular formula is C18H20O3Se. The van der Waals surface area contributed by atoms with Gasteiger partial charge in [0.15, 0.2) is 0 Å². The summed E-state index contributed by atoms with van der Waals surface area (Å²) in [6, 6.07) is 20.6. The number of benzene rings is 2. The second-order valence-corrected chi connectivity index (χ2v) is 8.06. The molecule has 0 aromatic heterocycles. The van der Waals surface area contributed by atoms with Gasteiger partial charge in [0.1, 0.15) is 0 Å². The van der Waals surface area contributed by atoms with Gasteiger partial charge in [-0.15, -0.1) is 0 Å². The number of aliphatic hydroxyl groups excluding tert-OH is 1. The molecule has 1 heterocycles. The van der Waals surface area contributed by atoms with Crippen molar-refractivity contribution in [2.45, 2.75) is 30.2 Å². The summed E-state index contributed by atoms with van der Waals surface area (Å²) in [5, 5.41) is 9.38. The molecule has 4 heteroatoms. The average molecular weight is 363 g/mol. The van der Waals surface area contributed by atoms with Gasteiger partial charge in [0, 0.05) is 0 Å². The predicted molar refractivity (Wildman–Crippen MR) is 87.2 cm³/mol. The monoisotopic (exact) mass is 364 g/mol. The van der Waals surface area contributed by atoms with Crippen LogP contribution >= 0.6 is 0 Å². The molecule has 0 saturated carbocycles. The van der Waals surface area contributed by atoms with Crippen LogP contribution in [0.1, 0.15) is 12.0 Å². The molecule has 3 rings (SSSR count). The van der Waals surface area contributed by atoms with Crippen molar-refractivity contribution in [3.63, 3.8) is 0 Å². The van der Waals surface area contributed by atoms with E-state index in [0.29, 0.717) is 11.4 Å². The zero-order chi connectivity index (χ0) is 15.2. The normalized spacial score (nSPS) is 24.5. The molecule has 0 radical (unpaired) electrons. The zero-order valence-electron chi connectivity index (χ0n) is 12.3. The zero-order valence-corrected chi connectivity index (χ0v) is 14.0. The van der Waals surface area contributed by atoms with Crippen molar-refractivity contribution >= 4 is 19.4 Å². The van der Waals surface area contributed by atoms with Crippen LogP contribution in [0.4, 0.5) is 0 Å². The van der Waals surface area contributed by atoms with Crippen LogP contribution in [0.5, 0.6) is 0 Å². The molecule has 116 valence electrons. The Morgan fingerprint density at radius 1 is 1.05 bits per heavy atom. The van der Waals surface area contributed by atoms with E-state index in [-0.39, 0.29) is 34.0 Å². The number of aliphatic hydroxyl groups is 1. The van der Waals surface area contributed by atoms with Crippen LogP contribution in [0.25, 0.3) is 0 Å². The van der Waals surface area contributed by atoms with Gasteiger partial charge in [0.2, 0.25) is 0 Å². The fourth-order valence-electron chi connectivity index (χ4n) is 2.50. The Morgan fingerprint density at radius 2 is 1.73 bits per heavy atom. The molecule has 0 amide bonds. The van der Waals surface area contributed by atoms with E-state index >= 15 is 0 Å². The Labute approximate surface area is 137 Å². The van der Waals surface area contributed by atoms with E-state index in [4.69, 9.17) is 9.47 Å². The van der Waals surface area contributed by atoms with Crippen molar-refractivity contribution in [3.05, 3.63) is 66.2 Å². The van der Waals surface area contributed by atoms with Crippen molar-refractivity contribution in [2.24, 2.45) is 0 Å². The maximum absolute atomic E-state index is 9.38. The fraction of sp³-hybridized carbons (Fsp3) is 0.333. The summed E-state index contributed by atoms with van der Waals surface area (Å²) < 4.78 is 13.2. The molecule has 1 fully saturated rings. The summed E-state index contributed by atoms with van der Waals surface area (Å²) in [6.07, 6.45) is 0.541. The molecule has 2 aromatic carbocycles. The predicted octanol–water partition coefficient (Wildman–Crippen LogP) is 2.13. The minimum atomic E-state index is -0.224. The van der Waals surface area contributed by atoms with E-state index in [2.05, 4.69) is 36.4 Å². The molecule has 0 bridgehead atoms. The van der Waals surface area contributed by atoms with Gasteiger partial charge in [-0.2, -0.15) is 0 Å². The number of hydrogen-bond donors (Lipinski definition) is 1. The van der Waals surface area contributed by atoms with Gasteiger partial charge in [-0.3, -0.25) is 0 Å². The quantitative estimate of drug-likeness (QED) is 0.800. The standard InChI is InChI=1S/C18H20O3Se/c19-12-15-11-17(22-16-9-5-2-6-10-16)18(21-15)20-13-14-7-3-1-4-8-14/h1-10,15,17-19H,11-13H2/t15-,17-,18-/m1/s1. The average Bonchev–Trinajstić information content (AvgIpc) is 2.97. The first-order chi connectivity index (χ1) is 10.8. The molecule has 2 aromatic rings. The Kier molecular flexibility index (Phi) is 5.65. The third-order valence-corrected chi connectivity index (χ3v) is 6.26.